The fraction of sp³-hybridized carbons (Fsp3) is 0.308. The third-order valence-corrected chi connectivity index (χ3v) is 4.30. The zero-order valence-electron chi connectivity index (χ0n) is 10.2. The van der Waals surface area contributed by atoms with Gasteiger partial charge in [0.1, 0.15) is 0 Å². The predicted molar refractivity (Wildman–Crippen MR) is 78.8 cm³/mol. The van der Waals surface area contributed by atoms with Crippen LogP contribution in [0, 0.1) is 6.92 Å². The van der Waals surface area contributed by atoms with Crippen LogP contribution < -0.4 is 5.32 Å². The summed E-state index contributed by atoms with van der Waals surface area (Å²) in [5, 5.41) is 4.85. The van der Waals surface area contributed by atoms with Gasteiger partial charge in [-0.15, -0.1) is 11.3 Å². The largest absolute Gasteiger partial charge is 0.306 e. The van der Waals surface area contributed by atoms with Crippen molar-refractivity contribution >= 4 is 34.5 Å². The minimum atomic E-state index is 0.0497. The Labute approximate surface area is 121 Å². The van der Waals surface area contributed by atoms with Crippen LogP contribution in [0.2, 0.25) is 10.0 Å². The van der Waals surface area contributed by atoms with Crippen molar-refractivity contribution in [1.29, 1.82) is 0 Å². The lowest BCUT2D eigenvalue weighted by Gasteiger charge is -2.19. The van der Waals surface area contributed by atoms with Crippen LogP contribution in [0.5, 0.6) is 0 Å². The molecule has 1 aromatic heterocycles. The van der Waals surface area contributed by atoms with Crippen LogP contribution in [-0.2, 0) is 0 Å². The number of nitrogens with zero attached hydrogens (tertiary/aromatic N) is 1. The third-order valence-electron chi connectivity index (χ3n) is 2.72. The summed E-state index contributed by atoms with van der Waals surface area (Å²) >= 11 is 14.0. The smallest absolute Gasteiger partial charge is 0.0798 e. The highest BCUT2D eigenvalue weighted by molar-refractivity contribution is 7.09. The van der Waals surface area contributed by atoms with E-state index in [1.807, 2.05) is 24.6 Å². The first kappa shape index (κ1) is 13.8. The standard InChI is InChI=1S/C13H14Cl2N2S/c1-3-16-12(13-8(2)17-7-18-13)10-6-9(14)4-5-11(10)15/h4-7,12,16H,3H2,1-2H3. The summed E-state index contributed by atoms with van der Waals surface area (Å²) < 4.78 is 0. The molecule has 0 saturated heterocycles. The summed E-state index contributed by atoms with van der Waals surface area (Å²) in [5.41, 5.74) is 3.88. The number of rotatable bonds is 4. The first-order valence-electron chi connectivity index (χ1n) is 5.71. The molecular weight excluding hydrogens is 287 g/mol. The molecule has 2 nitrogen and oxygen atoms in total. The van der Waals surface area contributed by atoms with Crippen molar-refractivity contribution in [3.05, 3.63) is 49.9 Å². The van der Waals surface area contributed by atoms with Crippen LogP contribution in [0.4, 0.5) is 0 Å². The molecule has 2 aromatic rings. The number of halogens is 2. The highest BCUT2D eigenvalue weighted by Crippen LogP contribution is 2.33. The van der Waals surface area contributed by atoms with Crippen LogP contribution in [0.25, 0.3) is 0 Å². The fourth-order valence-corrected chi connectivity index (χ4v) is 3.17. The molecule has 1 N–H and O–H groups in total. The average molecular weight is 301 g/mol. The maximum Gasteiger partial charge on any atom is 0.0798 e. The Balaban J connectivity index is 2.48. The zero-order valence-corrected chi connectivity index (χ0v) is 12.5. The lowest BCUT2D eigenvalue weighted by molar-refractivity contribution is 0.636. The molecule has 0 fully saturated rings. The van der Waals surface area contributed by atoms with Gasteiger partial charge >= 0.3 is 0 Å². The van der Waals surface area contributed by atoms with Crippen molar-refractivity contribution in [3.8, 4) is 0 Å². The van der Waals surface area contributed by atoms with Gasteiger partial charge in [0.2, 0.25) is 0 Å². The Morgan fingerprint density at radius 3 is 2.78 bits per heavy atom. The second-order valence-corrected chi connectivity index (χ2v) is 5.69. The minimum absolute atomic E-state index is 0.0497. The Kier molecular flexibility index (Phi) is 4.62. The Bertz CT molecular complexity index is 540. The van der Waals surface area contributed by atoms with Crippen LogP contribution >= 0.6 is 34.5 Å². The van der Waals surface area contributed by atoms with E-state index in [2.05, 4.69) is 17.2 Å². The van der Waals surface area contributed by atoms with Crippen molar-refractivity contribution in [1.82, 2.24) is 10.3 Å². The molecular formula is C13H14Cl2N2S. The first-order valence-corrected chi connectivity index (χ1v) is 7.35. The molecule has 2 rings (SSSR count). The SMILES string of the molecule is CCNC(c1cc(Cl)ccc1Cl)c1scnc1C. The van der Waals surface area contributed by atoms with E-state index in [0.29, 0.717) is 5.02 Å². The third kappa shape index (κ3) is 2.86. The molecule has 18 heavy (non-hydrogen) atoms. The zero-order chi connectivity index (χ0) is 13.1. The van der Waals surface area contributed by atoms with Crippen molar-refractivity contribution in [3.63, 3.8) is 0 Å². The summed E-state index contributed by atoms with van der Waals surface area (Å²) in [4.78, 5) is 5.48. The molecule has 1 atom stereocenters. The van der Waals surface area contributed by atoms with Crippen LogP contribution in [0.15, 0.2) is 23.7 Å². The van der Waals surface area contributed by atoms with Crippen LogP contribution in [-0.4, -0.2) is 11.5 Å². The summed E-state index contributed by atoms with van der Waals surface area (Å²) in [6, 6.07) is 5.60. The highest BCUT2D eigenvalue weighted by atomic mass is 35.5. The molecule has 0 bridgehead atoms. The second kappa shape index (κ2) is 6.02. The monoisotopic (exact) mass is 300 g/mol. The van der Waals surface area contributed by atoms with E-state index in [-0.39, 0.29) is 6.04 Å². The molecule has 0 aliphatic rings. The van der Waals surface area contributed by atoms with Gasteiger partial charge in [-0.3, -0.25) is 0 Å². The van der Waals surface area contributed by atoms with Gasteiger partial charge < -0.3 is 5.32 Å². The molecule has 0 saturated carbocycles. The van der Waals surface area contributed by atoms with Crippen LogP contribution in [0.1, 0.15) is 29.1 Å². The minimum Gasteiger partial charge on any atom is -0.306 e. The lowest BCUT2D eigenvalue weighted by Crippen LogP contribution is -2.22. The highest BCUT2D eigenvalue weighted by Gasteiger charge is 2.20. The Morgan fingerprint density at radius 1 is 1.39 bits per heavy atom. The van der Waals surface area contributed by atoms with Crippen molar-refractivity contribution in [2.45, 2.75) is 19.9 Å². The summed E-state index contributed by atoms with van der Waals surface area (Å²) in [6.07, 6.45) is 0. The normalized spacial score (nSPS) is 12.7. The number of thiazole rings is 1. The van der Waals surface area contributed by atoms with Gasteiger partial charge in [0.05, 0.1) is 17.2 Å². The number of hydrogen-bond donors (Lipinski definition) is 1. The van der Waals surface area contributed by atoms with Gasteiger partial charge in [-0.2, -0.15) is 0 Å². The van der Waals surface area contributed by atoms with E-state index in [0.717, 1.165) is 22.8 Å². The molecule has 1 heterocycles. The van der Waals surface area contributed by atoms with Crippen molar-refractivity contribution in [2.24, 2.45) is 0 Å². The van der Waals surface area contributed by atoms with Gasteiger partial charge in [-0.1, -0.05) is 30.1 Å². The van der Waals surface area contributed by atoms with E-state index in [1.165, 1.54) is 4.88 Å². The van der Waals surface area contributed by atoms with E-state index >= 15 is 0 Å². The Hall–Kier alpha value is -0.610. The summed E-state index contributed by atoms with van der Waals surface area (Å²) in [7, 11) is 0. The second-order valence-electron chi connectivity index (χ2n) is 3.96. The lowest BCUT2D eigenvalue weighted by atomic mass is 10.0. The van der Waals surface area contributed by atoms with Gasteiger partial charge in [0.15, 0.2) is 0 Å². The number of aryl methyl sites for hydroxylation is 1. The molecule has 0 amide bonds. The van der Waals surface area contributed by atoms with Crippen molar-refractivity contribution < 1.29 is 0 Å². The quantitative estimate of drug-likeness (QED) is 0.902. The van der Waals surface area contributed by atoms with Gasteiger partial charge in [-0.25, -0.2) is 4.98 Å². The molecule has 96 valence electrons. The molecule has 0 spiro atoms. The van der Waals surface area contributed by atoms with Gasteiger partial charge in [0, 0.05) is 14.9 Å². The molecule has 1 aromatic carbocycles. The van der Waals surface area contributed by atoms with E-state index in [9.17, 15) is 0 Å². The topological polar surface area (TPSA) is 24.9 Å². The number of nitrogens with one attached hydrogen (secondary N) is 1. The molecule has 5 heteroatoms. The van der Waals surface area contributed by atoms with Gasteiger partial charge in [-0.05, 0) is 37.2 Å². The molecule has 1 unspecified atom stereocenters. The first-order chi connectivity index (χ1) is 8.63. The number of benzene rings is 1. The number of hydrogen-bond acceptors (Lipinski definition) is 3. The summed E-state index contributed by atoms with van der Waals surface area (Å²) in [6.45, 7) is 4.93. The molecule has 0 aliphatic carbocycles. The number of aromatic nitrogens is 1. The summed E-state index contributed by atoms with van der Waals surface area (Å²) in [5.74, 6) is 0. The average Bonchev–Trinajstić information content (AvgIpc) is 2.76. The van der Waals surface area contributed by atoms with E-state index < -0.39 is 0 Å². The Morgan fingerprint density at radius 2 is 2.17 bits per heavy atom. The maximum absolute atomic E-state index is 6.28. The van der Waals surface area contributed by atoms with E-state index in [1.54, 1.807) is 17.4 Å². The van der Waals surface area contributed by atoms with E-state index in [4.69, 9.17) is 23.2 Å². The predicted octanol–water partition coefficient (Wildman–Crippen LogP) is 4.46. The molecule has 0 radical (unpaired) electrons. The van der Waals surface area contributed by atoms with Crippen molar-refractivity contribution in [2.75, 3.05) is 6.54 Å². The maximum atomic E-state index is 6.28. The van der Waals surface area contributed by atoms with Gasteiger partial charge in [0.25, 0.3) is 0 Å². The molecule has 0 aliphatic heterocycles. The van der Waals surface area contributed by atoms with Crippen LogP contribution in [0.3, 0.4) is 0 Å². The fourth-order valence-electron chi connectivity index (χ4n) is 1.87.